The molecule has 1 amide bonds. The quantitative estimate of drug-likeness (QED) is 0.394. The maximum Gasteiger partial charge on any atom is 0.328 e. The van der Waals surface area contributed by atoms with Crippen LogP contribution in [0, 0.1) is 5.92 Å². The minimum Gasteiger partial charge on any atom is -0.467 e. The summed E-state index contributed by atoms with van der Waals surface area (Å²) in [6.45, 7) is 9.69. The first-order valence-electron chi connectivity index (χ1n) is 12.7. The SMILES string of the molecule is CCC[C@@H](N[C@@H](CC(C)C)C(=O)N(c1ccc(-c2ccccc2)cc1)[C@@H](C)C(=O)OC)C(=O)OCC. The molecule has 0 fully saturated rings. The van der Waals surface area contributed by atoms with Crippen molar-refractivity contribution >= 4 is 23.5 Å². The van der Waals surface area contributed by atoms with Crippen LogP contribution >= 0.6 is 0 Å². The molecule has 196 valence electrons. The molecule has 2 rings (SSSR count). The van der Waals surface area contributed by atoms with Crippen molar-refractivity contribution in [2.75, 3.05) is 18.6 Å². The Bertz CT molecular complexity index is 975. The zero-order valence-electron chi connectivity index (χ0n) is 22.3. The van der Waals surface area contributed by atoms with Crippen LogP contribution in [0.2, 0.25) is 0 Å². The van der Waals surface area contributed by atoms with Crippen molar-refractivity contribution in [1.82, 2.24) is 5.32 Å². The fraction of sp³-hybridized carbons (Fsp3) is 0.483. The van der Waals surface area contributed by atoms with Gasteiger partial charge in [-0.25, -0.2) is 4.79 Å². The minimum atomic E-state index is -0.853. The third kappa shape index (κ3) is 7.92. The van der Waals surface area contributed by atoms with Crippen LogP contribution in [-0.4, -0.2) is 49.7 Å². The molecule has 0 aliphatic rings. The van der Waals surface area contributed by atoms with Gasteiger partial charge in [0, 0.05) is 5.69 Å². The highest BCUT2D eigenvalue weighted by Crippen LogP contribution is 2.26. The number of ether oxygens (including phenoxy) is 2. The Morgan fingerprint density at radius 1 is 0.861 bits per heavy atom. The molecule has 0 aliphatic heterocycles. The van der Waals surface area contributed by atoms with Gasteiger partial charge in [-0.3, -0.25) is 19.8 Å². The van der Waals surface area contributed by atoms with Crippen molar-refractivity contribution < 1.29 is 23.9 Å². The van der Waals surface area contributed by atoms with Gasteiger partial charge in [0.15, 0.2) is 0 Å². The van der Waals surface area contributed by atoms with Gasteiger partial charge in [0.25, 0.3) is 0 Å². The Kier molecular flexibility index (Phi) is 11.6. The van der Waals surface area contributed by atoms with Crippen LogP contribution in [0.15, 0.2) is 54.6 Å². The number of nitrogens with zero attached hydrogens (tertiary/aromatic N) is 1. The van der Waals surface area contributed by atoms with E-state index in [4.69, 9.17) is 9.47 Å². The molecule has 1 N–H and O–H groups in total. The number of hydrogen-bond donors (Lipinski definition) is 1. The van der Waals surface area contributed by atoms with E-state index >= 15 is 0 Å². The van der Waals surface area contributed by atoms with E-state index in [1.807, 2.05) is 75.4 Å². The zero-order chi connectivity index (χ0) is 26.7. The number of nitrogens with one attached hydrogen (secondary N) is 1. The summed E-state index contributed by atoms with van der Waals surface area (Å²) in [7, 11) is 1.31. The first-order chi connectivity index (χ1) is 17.2. The van der Waals surface area contributed by atoms with E-state index in [2.05, 4.69) is 5.32 Å². The standard InChI is InChI=1S/C29H40N2O5/c1-7-12-25(29(34)36-8-2)30-26(19-20(3)4)27(32)31(21(5)28(33)35-6)24-17-15-23(16-18-24)22-13-10-9-11-14-22/h9-11,13-18,20-21,25-26,30H,7-8,12,19H2,1-6H3/t21-,25+,26-/m0/s1. The molecule has 0 radical (unpaired) electrons. The highest BCUT2D eigenvalue weighted by atomic mass is 16.5. The Hall–Kier alpha value is -3.19. The molecular weight excluding hydrogens is 456 g/mol. The lowest BCUT2D eigenvalue weighted by molar-refractivity contribution is -0.147. The van der Waals surface area contributed by atoms with E-state index in [0.717, 1.165) is 17.5 Å². The third-order valence-corrected chi connectivity index (χ3v) is 5.98. The van der Waals surface area contributed by atoms with Crippen molar-refractivity contribution in [3.05, 3.63) is 54.6 Å². The van der Waals surface area contributed by atoms with Crippen LogP contribution in [0.3, 0.4) is 0 Å². The number of hydrogen-bond acceptors (Lipinski definition) is 6. The summed E-state index contributed by atoms with van der Waals surface area (Å²) in [4.78, 5) is 40.7. The summed E-state index contributed by atoms with van der Waals surface area (Å²) in [6.07, 6.45) is 1.78. The molecule has 2 aromatic carbocycles. The van der Waals surface area contributed by atoms with E-state index in [1.54, 1.807) is 13.8 Å². The van der Waals surface area contributed by atoms with Gasteiger partial charge in [-0.2, -0.15) is 0 Å². The molecule has 0 saturated heterocycles. The van der Waals surface area contributed by atoms with Gasteiger partial charge < -0.3 is 9.47 Å². The van der Waals surface area contributed by atoms with E-state index < -0.39 is 24.1 Å². The summed E-state index contributed by atoms with van der Waals surface area (Å²) < 4.78 is 10.2. The van der Waals surface area contributed by atoms with Gasteiger partial charge >= 0.3 is 11.9 Å². The van der Waals surface area contributed by atoms with Crippen molar-refractivity contribution in [1.29, 1.82) is 0 Å². The Morgan fingerprint density at radius 2 is 1.47 bits per heavy atom. The van der Waals surface area contributed by atoms with Gasteiger partial charge in [-0.05, 0) is 55.9 Å². The first-order valence-corrected chi connectivity index (χ1v) is 12.7. The van der Waals surface area contributed by atoms with E-state index in [9.17, 15) is 14.4 Å². The molecule has 0 unspecified atom stereocenters. The second-order valence-corrected chi connectivity index (χ2v) is 9.26. The minimum absolute atomic E-state index is 0.173. The number of methoxy groups -OCH3 is 1. The molecule has 7 heteroatoms. The summed E-state index contributed by atoms with van der Waals surface area (Å²) >= 11 is 0. The molecule has 0 spiro atoms. The Morgan fingerprint density at radius 3 is 2.00 bits per heavy atom. The zero-order valence-corrected chi connectivity index (χ0v) is 22.3. The molecule has 0 saturated carbocycles. The highest BCUT2D eigenvalue weighted by molar-refractivity contribution is 6.02. The topological polar surface area (TPSA) is 84.9 Å². The average Bonchev–Trinajstić information content (AvgIpc) is 2.88. The second kappa shape index (κ2) is 14.4. The molecule has 0 aliphatic carbocycles. The average molecular weight is 497 g/mol. The summed E-state index contributed by atoms with van der Waals surface area (Å²) in [5.74, 6) is -1.01. The maximum absolute atomic E-state index is 14.0. The van der Waals surface area contributed by atoms with Crippen molar-refractivity contribution in [2.24, 2.45) is 5.92 Å². The number of anilines is 1. The number of carbonyl (C=O) groups is 3. The number of carbonyl (C=O) groups excluding carboxylic acids is 3. The van der Waals surface area contributed by atoms with Gasteiger partial charge in [0.2, 0.25) is 5.91 Å². The normalized spacial score (nSPS) is 13.5. The van der Waals surface area contributed by atoms with Crippen LogP contribution in [-0.2, 0) is 23.9 Å². The number of benzene rings is 2. The second-order valence-electron chi connectivity index (χ2n) is 9.26. The predicted octanol–water partition coefficient (Wildman–Crippen LogP) is 4.98. The van der Waals surface area contributed by atoms with Crippen LogP contribution < -0.4 is 10.2 Å². The molecule has 7 nitrogen and oxygen atoms in total. The molecule has 0 aromatic heterocycles. The fourth-order valence-electron chi connectivity index (χ4n) is 4.19. The first kappa shape index (κ1) is 29.0. The largest absolute Gasteiger partial charge is 0.467 e. The predicted molar refractivity (Wildman–Crippen MR) is 143 cm³/mol. The van der Waals surface area contributed by atoms with Crippen LogP contribution in [0.4, 0.5) is 5.69 Å². The highest BCUT2D eigenvalue weighted by Gasteiger charge is 2.35. The molecule has 36 heavy (non-hydrogen) atoms. The maximum atomic E-state index is 14.0. The van der Waals surface area contributed by atoms with Crippen LogP contribution in [0.1, 0.15) is 53.9 Å². The summed E-state index contributed by atoms with van der Waals surface area (Å²) in [5.41, 5.74) is 2.63. The molecule has 0 bridgehead atoms. The van der Waals surface area contributed by atoms with Crippen molar-refractivity contribution in [3.8, 4) is 11.1 Å². The summed E-state index contributed by atoms with van der Waals surface area (Å²) in [6, 6.07) is 15.3. The molecule has 2 aromatic rings. The molecule has 3 atom stereocenters. The van der Waals surface area contributed by atoms with E-state index in [-0.39, 0.29) is 24.4 Å². The number of amides is 1. The lowest BCUT2D eigenvalue weighted by Crippen LogP contribution is -2.56. The van der Waals surface area contributed by atoms with Gasteiger partial charge in [0.05, 0.1) is 19.8 Å². The lowest BCUT2D eigenvalue weighted by Gasteiger charge is -2.33. The van der Waals surface area contributed by atoms with Gasteiger partial charge in [-0.1, -0.05) is 69.7 Å². The molecule has 0 heterocycles. The van der Waals surface area contributed by atoms with E-state index in [1.165, 1.54) is 12.0 Å². The fourth-order valence-corrected chi connectivity index (χ4v) is 4.19. The van der Waals surface area contributed by atoms with E-state index in [0.29, 0.717) is 18.5 Å². The lowest BCUT2D eigenvalue weighted by atomic mass is 9.99. The molecular formula is C29H40N2O5. The van der Waals surface area contributed by atoms with Crippen molar-refractivity contribution in [3.63, 3.8) is 0 Å². The smallest absolute Gasteiger partial charge is 0.328 e. The Labute approximate surface area is 215 Å². The van der Waals surface area contributed by atoms with Crippen LogP contribution in [0.25, 0.3) is 11.1 Å². The van der Waals surface area contributed by atoms with Gasteiger partial charge in [-0.15, -0.1) is 0 Å². The third-order valence-electron chi connectivity index (χ3n) is 5.98. The van der Waals surface area contributed by atoms with Gasteiger partial charge in [0.1, 0.15) is 12.1 Å². The summed E-state index contributed by atoms with van der Waals surface area (Å²) in [5, 5.41) is 3.25. The Balaban J connectivity index is 2.44. The monoisotopic (exact) mass is 496 g/mol. The van der Waals surface area contributed by atoms with Crippen molar-refractivity contribution in [2.45, 2.75) is 72.0 Å². The van der Waals surface area contributed by atoms with Crippen LogP contribution in [0.5, 0.6) is 0 Å². The number of esters is 2. The number of rotatable bonds is 13.